The molecule has 3 aromatic rings. The highest BCUT2D eigenvalue weighted by atomic mass is 16.5. The van der Waals surface area contributed by atoms with Crippen molar-refractivity contribution in [3.05, 3.63) is 76.1 Å². The standard InChI is InChI=1S/C19H14N2O6/c20-18(24)11-5-7-12(8-6-11)21-17(23)10-26-19(25)16-9-14(22)13-3-1-2-4-15(13)27-16/h1-9H,10H2,(H2,20,24)(H,21,23). The lowest BCUT2D eigenvalue weighted by Gasteiger charge is -2.07. The van der Waals surface area contributed by atoms with E-state index in [4.69, 9.17) is 14.9 Å². The first kappa shape index (κ1) is 17.9. The molecule has 136 valence electrons. The molecule has 8 heteroatoms. The summed E-state index contributed by atoms with van der Waals surface area (Å²) in [6.07, 6.45) is 0. The maximum Gasteiger partial charge on any atom is 0.374 e. The summed E-state index contributed by atoms with van der Waals surface area (Å²) >= 11 is 0. The van der Waals surface area contributed by atoms with Crippen LogP contribution in [0.3, 0.4) is 0 Å². The predicted molar refractivity (Wildman–Crippen MR) is 96.4 cm³/mol. The average molecular weight is 366 g/mol. The minimum absolute atomic E-state index is 0.246. The molecule has 0 fully saturated rings. The molecule has 27 heavy (non-hydrogen) atoms. The van der Waals surface area contributed by atoms with Crippen LogP contribution in [0.1, 0.15) is 20.9 Å². The van der Waals surface area contributed by atoms with Crippen molar-refractivity contribution in [2.24, 2.45) is 5.73 Å². The molecule has 0 saturated heterocycles. The van der Waals surface area contributed by atoms with Gasteiger partial charge in [-0.25, -0.2) is 4.79 Å². The number of rotatable bonds is 5. The summed E-state index contributed by atoms with van der Waals surface area (Å²) < 4.78 is 10.2. The van der Waals surface area contributed by atoms with E-state index in [1.54, 1.807) is 24.3 Å². The predicted octanol–water partition coefficient (Wildman–Crippen LogP) is 1.69. The number of nitrogens with two attached hydrogens (primary N) is 1. The second-order valence-electron chi connectivity index (χ2n) is 5.54. The average Bonchev–Trinajstić information content (AvgIpc) is 2.66. The molecule has 0 radical (unpaired) electrons. The third-order valence-corrected chi connectivity index (χ3v) is 3.62. The number of ether oxygens (including phenoxy) is 1. The van der Waals surface area contributed by atoms with Crippen LogP contribution in [0.4, 0.5) is 5.69 Å². The quantitative estimate of drug-likeness (QED) is 0.661. The van der Waals surface area contributed by atoms with Crippen molar-refractivity contribution in [2.45, 2.75) is 0 Å². The molecule has 0 bridgehead atoms. The van der Waals surface area contributed by atoms with Crippen molar-refractivity contribution in [2.75, 3.05) is 11.9 Å². The zero-order valence-electron chi connectivity index (χ0n) is 13.9. The third kappa shape index (κ3) is 4.18. The van der Waals surface area contributed by atoms with Gasteiger partial charge < -0.3 is 20.2 Å². The van der Waals surface area contributed by atoms with E-state index in [-0.39, 0.29) is 16.8 Å². The Kier molecular flexibility index (Phi) is 4.98. The molecule has 0 saturated carbocycles. The first-order valence-corrected chi connectivity index (χ1v) is 7.84. The van der Waals surface area contributed by atoms with Gasteiger partial charge in [-0.15, -0.1) is 0 Å². The SMILES string of the molecule is NC(=O)c1ccc(NC(=O)COC(=O)c2cc(=O)c3ccccc3o2)cc1. The van der Waals surface area contributed by atoms with Crippen molar-refractivity contribution in [1.29, 1.82) is 0 Å². The van der Waals surface area contributed by atoms with Crippen molar-refractivity contribution in [3.63, 3.8) is 0 Å². The minimum Gasteiger partial charge on any atom is -0.450 e. The molecule has 2 amide bonds. The fourth-order valence-electron chi connectivity index (χ4n) is 2.32. The van der Waals surface area contributed by atoms with Crippen LogP contribution in [-0.2, 0) is 9.53 Å². The molecule has 2 aromatic carbocycles. The fourth-order valence-corrected chi connectivity index (χ4v) is 2.32. The van der Waals surface area contributed by atoms with Crippen LogP contribution in [-0.4, -0.2) is 24.4 Å². The van der Waals surface area contributed by atoms with E-state index in [1.165, 1.54) is 24.3 Å². The molecule has 0 aliphatic carbocycles. The Morgan fingerprint density at radius 3 is 2.44 bits per heavy atom. The van der Waals surface area contributed by atoms with E-state index in [9.17, 15) is 19.2 Å². The highest BCUT2D eigenvalue weighted by Gasteiger charge is 2.15. The Labute approximate surface area is 152 Å². The lowest BCUT2D eigenvalue weighted by molar-refractivity contribution is -0.119. The second kappa shape index (κ2) is 7.52. The Bertz CT molecular complexity index is 1090. The third-order valence-electron chi connectivity index (χ3n) is 3.62. The zero-order chi connectivity index (χ0) is 19.4. The highest BCUT2D eigenvalue weighted by Crippen LogP contribution is 2.13. The van der Waals surface area contributed by atoms with Gasteiger partial charge >= 0.3 is 5.97 Å². The molecular formula is C19H14N2O6. The maximum absolute atomic E-state index is 12.0. The molecule has 0 spiro atoms. The van der Waals surface area contributed by atoms with Gasteiger partial charge in [-0.2, -0.15) is 0 Å². The number of benzene rings is 2. The summed E-state index contributed by atoms with van der Waals surface area (Å²) in [6, 6.07) is 13.4. The topological polar surface area (TPSA) is 129 Å². The van der Waals surface area contributed by atoms with Gasteiger partial charge in [0.05, 0.1) is 5.39 Å². The largest absolute Gasteiger partial charge is 0.450 e. The van der Waals surface area contributed by atoms with Crippen LogP contribution in [0.2, 0.25) is 0 Å². The number of carbonyl (C=O) groups is 3. The van der Waals surface area contributed by atoms with Gasteiger partial charge in [0.1, 0.15) is 5.58 Å². The van der Waals surface area contributed by atoms with E-state index >= 15 is 0 Å². The maximum atomic E-state index is 12.0. The number of hydrogen-bond donors (Lipinski definition) is 2. The first-order valence-electron chi connectivity index (χ1n) is 7.84. The van der Waals surface area contributed by atoms with Crippen LogP contribution < -0.4 is 16.5 Å². The van der Waals surface area contributed by atoms with Crippen LogP contribution in [0.5, 0.6) is 0 Å². The van der Waals surface area contributed by atoms with E-state index in [2.05, 4.69) is 5.32 Å². The molecule has 0 unspecified atom stereocenters. The fraction of sp³-hybridized carbons (Fsp3) is 0.0526. The van der Waals surface area contributed by atoms with Gasteiger partial charge in [-0.1, -0.05) is 12.1 Å². The number of nitrogens with one attached hydrogen (secondary N) is 1. The van der Waals surface area contributed by atoms with Gasteiger partial charge in [-0.3, -0.25) is 14.4 Å². The monoisotopic (exact) mass is 366 g/mol. The lowest BCUT2D eigenvalue weighted by Crippen LogP contribution is -2.21. The normalized spacial score (nSPS) is 10.4. The number of esters is 1. The molecule has 0 aliphatic heterocycles. The number of carbonyl (C=O) groups excluding carboxylic acids is 3. The molecule has 1 aromatic heterocycles. The van der Waals surface area contributed by atoms with Crippen LogP contribution in [0.15, 0.2) is 63.8 Å². The number of anilines is 1. The summed E-state index contributed by atoms with van der Waals surface area (Å²) in [5.41, 5.74) is 5.69. The van der Waals surface area contributed by atoms with Crippen molar-refractivity contribution in [3.8, 4) is 0 Å². The van der Waals surface area contributed by atoms with Gasteiger partial charge in [0.2, 0.25) is 11.7 Å². The summed E-state index contributed by atoms with van der Waals surface area (Å²) in [5.74, 6) is -2.41. The second-order valence-corrected chi connectivity index (χ2v) is 5.54. The number of primary amides is 1. The molecule has 3 N–H and O–H groups in total. The first-order chi connectivity index (χ1) is 12.9. The van der Waals surface area contributed by atoms with E-state index in [0.717, 1.165) is 6.07 Å². The van der Waals surface area contributed by atoms with E-state index in [0.29, 0.717) is 16.6 Å². The van der Waals surface area contributed by atoms with Crippen LogP contribution >= 0.6 is 0 Å². The smallest absolute Gasteiger partial charge is 0.374 e. The molecular weight excluding hydrogens is 352 g/mol. The number of fused-ring (bicyclic) bond motifs is 1. The van der Waals surface area contributed by atoms with E-state index < -0.39 is 24.4 Å². The Morgan fingerprint density at radius 2 is 1.74 bits per heavy atom. The molecule has 8 nitrogen and oxygen atoms in total. The Morgan fingerprint density at radius 1 is 1.04 bits per heavy atom. The van der Waals surface area contributed by atoms with Gasteiger partial charge in [-0.05, 0) is 36.4 Å². The summed E-state index contributed by atoms with van der Waals surface area (Å²) in [7, 11) is 0. The molecule has 0 aliphatic rings. The Balaban J connectivity index is 1.62. The van der Waals surface area contributed by atoms with Crippen molar-refractivity contribution < 1.29 is 23.5 Å². The van der Waals surface area contributed by atoms with Gasteiger partial charge in [0.25, 0.3) is 5.91 Å². The van der Waals surface area contributed by atoms with Crippen LogP contribution in [0.25, 0.3) is 11.0 Å². The van der Waals surface area contributed by atoms with Gasteiger partial charge in [0.15, 0.2) is 12.0 Å². The lowest BCUT2D eigenvalue weighted by atomic mass is 10.2. The number of para-hydroxylation sites is 1. The van der Waals surface area contributed by atoms with Crippen LogP contribution in [0, 0.1) is 0 Å². The zero-order valence-corrected chi connectivity index (χ0v) is 13.9. The number of hydrogen-bond acceptors (Lipinski definition) is 6. The summed E-state index contributed by atoms with van der Waals surface area (Å²) in [4.78, 5) is 46.9. The van der Waals surface area contributed by atoms with Crippen molar-refractivity contribution in [1.82, 2.24) is 0 Å². The molecule has 3 rings (SSSR count). The molecule has 1 heterocycles. The number of amides is 2. The molecule has 0 atom stereocenters. The van der Waals surface area contributed by atoms with Crippen molar-refractivity contribution >= 4 is 34.4 Å². The van der Waals surface area contributed by atoms with E-state index in [1.807, 2.05) is 0 Å². The highest BCUT2D eigenvalue weighted by molar-refractivity contribution is 5.96. The Hall–Kier alpha value is -3.94. The summed E-state index contributed by atoms with van der Waals surface area (Å²) in [5, 5.41) is 2.83. The summed E-state index contributed by atoms with van der Waals surface area (Å²) in [6.45, 7) is -0.576. The van der Waals surface area contributed by atoms with Gasteiger partial charge in [0, 0.05) is 17.3 Å². The minimum atomic E-state index is -0.933.